The van der Waals surface area contributed by atoms with E-state index in [1.165, 1.54) is 23.1 Å². The molecule has 1 aliphatic rings. The summed E-state index contributed by atoms with van der Waals surface area (Å²) in [7, 11) is 0. The Labute approximate surface area is 163 Å². The van der Waals surface area contributed by atoms with Crippen LogP contribution < -0.4 is 20.3 Å². The molecule has 0 bridgehead atoms. The number of rotatable bonds is 8. The van der Waals surface area contributed by atoms with Crippen LogP contribution in [0.15, 0.2) is 18.2 Å². The van der Waals surface area contributed by atoms with Crippen molar-refractivity contribution in [3.63, 3.8) is 0 Å². The van der Waals surface area contributed by atoms with Gasteiger partial charge in [-0.1, -0.05) is 0 Å². The third-order valence-electron chi connectivity index (χ3n) is 4.14. The zero-order valence-corrected chi connectivity index (χ0v) is 16.1. The van der Waals surface area contributed by atoms with Crippen molar-refractivity contribution in [1.82, 2.24) is 10.6 Å². The molecule has 3 N–H and O–H groups in total. The van der Waals surface area contributed by atoms with Gasteiger partial charge in [-0.25, -0.2) is 0 Å². The molecular weight excluding hydrogens is 372 g/mol. The normalized spacial score (nSPS) is 14.4. The summed E-state index contributed by atoms with van der Waals surface area (Å²) in [5.74, 6) is -0.372. The lowest BCUT2D eigenvalue weighted by Crippen LogP contribution is -3.14. The number of thiocarbonyl (C=S) groups is 1. The molecule has 0 aromatic heterocycles. The molecule has 0 spiro atoms. The molecule has 1 aliphatic heterocycles. The van der Waals surface area contributed by atoms with Crippen molar-refractivity contribution in [2.45, 2.75) is 13.3 Å². The van der Waals surface area contributed by atoms with Crippen molar-refractivity contribution in [3.8, 4) is 5.75 Å². The Hall–Kier alpha value is -2.30. The highest BCUT2D eigenvalue weighted by Crippen LogP contribution is 2.27. The number of amides is 1. The van der Waals surface area contributed by atoms with Crippen LogP contribution in [0.5, 0.6) is 5.75 Å². The van der Waals surface area contributed by atoms with E-state index in [4.69, 9.17) is 21.7 Å². The number of hydrogen-bond donors (Lipinski definition) is 3. The highest BCUT2D eigenvalue weighted by molar-refractivity contribution is 7.80. The molecule has 0 unspecified atom stereocenters. The van der Waals surface area contributed by atoms with E-state index >= 15 is 0 Å². The number of nitro benzene ring substituents is 1. The number of ether oxygens (including phenoxy) is 2. The number of nitro groups is 1. The van der Waals surface area contributed by atoms with E-state index in [1.807, 2.05) is 0 Å². The van der Waals surface area contributed by atoms with E-state index < -0.39 is 10.8 Å². The number of morpholine rings is 1. The smallest absolute Gasteiger partial charge is 0.311 e. The van der Waals surface area contributed by atoms with Gasteiger partial charge in [-0.15, -0.1) is 0 Å². The van der Waals surface area contributed by atoms with Crippen LogP contribution in [0.3, 0.4) is 0 Å². The average molecular weight is 397 g/mol. The fraction of sp³-hybridized carbons (Fsp3) is 0.529. The first-order valence-electron chi connectivity index (χ1n) is 8.93. The van der Waals surface area contributed by atoms with Crippen molar-refractivity contribution >= 4 is 28.9 Å². The molecule has 1 amide bonds. The number of carbonyl (C=O) groups is 1. The Balaban J connectivity index is 1.80. The second kappa shape index (κ2) is 10.8. The molecule has 10 heteroatoms. The first kappa shape index (κ1) is 21.0. The molecule has 1 heterocycles. The van der Waals surface area contributed by atoms with E-state index in [0.717, 1.165) is 39.3 Å². The summed E-state index contributed by atoms with van der Waals surface area (Å²) in [4.78, 5) is 24.3. The van der Waals surface area contributed by atoms with Gasteiger partial charge in [-0.3, -0.25) is 20.2 Å². The van der Waals surface area contributed by atoms with Crippen LogP contribution in [0.25, 0.3) is 0 Å². The van der Waals surface area contributed by atoms with Crippen molar-refractivity contribution < 1.29 is 24.1 Å². The molecule has 1 fully saturated rings. The summed E-state index contributed by atoms with van der Waals surface area (Å²) in [6.07, 6.45) is 0.917. The molecule has 1 aromatic carbocycles. The first-order valence-corrected chi connectivity index (χ1v) is 9.33. The van der Waals surface area contributed by atoms with E-state index in [-0.39, 0.29) is 22.1 Å². The van der Waals surface area contributed by atoms with E-state index in [9.17, 15) is 14.9 Å². The maximum Gasteiger partial charge on any atom is 0.311 e. The molecule has 0 saturated carbocycles. The molecule has 0 atom stereocenters. The van der Waals surface area contributed by atoms with Crippen LogP contribution in [-0.4, -0.2) is 61.9 Å². The fourth-order valence-electron chi connectivity index (χ4n) is 2.75. The number of nitrogens with one attached hydrogen (secondary N) is 3. The summed E-state index contributed by atoms with van der Waals surface area (Å²) < 4.78 is 10.5. The fourth-order valence-corrected chi connectivity index (χ4v) is 2.94. The van der Waals surface area contributed by atoms with Gasteiger partial charge in [0.05, 0.1) is 31.3 Å². The van der Waals surface area contributed by atoms with Crippen LogP contribution in [0.1, 0.15) is 23.7 Å². The molecule has 0 aliphatic carbocycles. The lowest BCUT2D eigenvalue weighted by atomic mass is 10.1. The van der Waals surface area contributed by atoms with Gasteiger partial charge in [0.15, 0.2) is 10.9 Å². The Morgan fingerprint density at radius 3 is 2.81 bits per heavy atom. The highest BCUT2D eigenvalue weighted by atomic mass is 32.1. The van der Waals surface area contributed by atoms with Gasteiger partial charge in [0, 0.05) is 24.6 Å². The lowest BCUT2D eigenvalue weighted by molar-refractivity contribution is -0.908. The zero-order valence-electron chi connectivity index (χ0n) is 15.3. The Kier molecular flexibility index (Phi) is 8.37. The third kappa shape index (κ3) is 6.74. The van der Waals surface area contributed by atoms with Crippen molar-refractivity contribution in [3.05, 3.63) is 33.9 Å². The Morgan fingerprint density at radius 2 is 2.15 bits per heavy atom. The summed E-state index contributed by atoms with van der Waals surface area (Å²) in [5, 5.41) is 16.9. The second-order valence-electron chi connectivity index (χ2n) is 6.05. The highest BCUT2D eigenvalue weighted by Gasteiger charge is 2.19. The van der Waals surface area contributed by atoms with Gasteiger partial charge in [0.1, 0.15) is 13.1 Å². The monoisotopic (exact) mass is 397 g/mol. The molecule has 148 valence electrons. The van der Waals surface area contributed by atoms with Gasteiger partial charge < -0.3 is 19.7 Å². The van der Waals surface area contributed by atoms with Crippen LogP contribution in [-0.2, 0) is 4.74 Å². The van der Waals surface area contributed by atoms with Gasteiger partial charge >= 0.3 is 5.69 Å². The van der Waals surface area contributed by atoms with E-state index in [2.05, 4.69) is 10.6 Å². The van der Waals surface area contributed by atoms with E-state index in [0.29, 0.717) is 13.2 Å². The first-order chi connectivity index (χ1) is 13.0. The van der Waals surface area contributed by atoms with Crippen molar-refractivity contribution in [2.24, 2.45) is 0 Å². The predicted molar refractivity (Wildman–Crippen MR) is 103 cm³/mol. The molecule has 2 rings (SSSR count). The summed E-state index contributed by atoms with van der Waals surface area (Å²) >= 11 is 5.12. The number of carbonyl (C=O) groups excluding carboxylic acids is 1. The number of quaternary nitrogens is 1. The van der Waals surface area contributed by atoms with Crippen LogP contribution in [0.2, 0.25) is 0 Å². The Bertz CT molecular complexity index is 679. The second-order valence-corrected chi connectivity index (χ2v) is 6.46. The zero-order chi connectivity index (χ0) is 19.6. The van der Waals surface area contributed by atoms with Gasteiger partial charge in [0.25, 0.3) is 5.91 Å². The predicted octanol–water partition coefficient (Wildman–Crippen LogP) is -0.0970. The molecule has 1 saturated heterocycles. The third-order valence-corrected chi connectivity index (χ3v) is 4.38. The topological polar surface area (TPSA) is 107 Å². The minimum atomic E-state index is -0.577. The average Bonchev–Trinajstić information content (AvgIpc) is 2.66. The van der Waals surface area contributed by atoms with Crippen LogP contribution >= 0.6 is 12.2 Å². The number of benzene rings is 1. The number of nitrogens with zero attached hydrogens (tertiary/aromatic N) is 1. The van der Waals surface area contributed by atoms with Crippen LogP contribution in [0, 0.1) is 10.1 Å². The molecule has 27 heavy (non-hydrogen) atoms. The minimum absolute atomic E-state index is 0.130. The molecule has 9 nitrogen and oxygen atoms in total. The minimum Gasteiger partial charge on any atom is -0.487 e. The quantitative estimate of drug-likeness (QED) is 0.243. The van der Waals surface area contributed by atoms with Gasteiger partial charge in [-0.2, -0.15) is 0 Å². The molecular formula is C17H25N4O5S+. The van der Waals surface area contributed by atoms with Crippen molar-refractivity contribution in [2.75, 3.05) is 46.0 Å². The largest absolute Gasteiger partial charge is 0.487 e. The Morgan fingerprint density at radius 1 is 1.41 bits per heavy atom. The van der Waals surface area contributed by atoms with Crippen molar-refractivity contribution in [1.29, 1.82) is 0 Å². The van der Waals surface area contributed by atoms with Gasteiger partial charge in [-0.05, 0) is 31.3 Å². The lowest BCUT2D eigenvalue weighted by Gasteiger charge is -2.23. The standard InChI is InChI=1S/C17H24N4O5S/c1-2-26-15-5-4-13(12-14(15)21(23)24)16(22)19-17(27)18-6-3-7-20-8-10-25-11-9-20/h4-5,12H,2-3,6-11H2,1H3,(H2,18,19,22,27)/p+1. The maximum atomic E-state index is 12.3. The maximum absolute atomic E-state index is 12.3. The number of hydrogen-bond acceptors (Lipinski definition) is 6. The molecule has 1 aromatic rings. The summed E-state index contributed by atoms with van der Waals surface area (Å²) in [6, 6.07) is 4.07. The van der Waals surface area contributed by atoms with Gasteiger partial charge in [0.2, 0.25) is 0 Å². The van der Waals surface area contributed by atoms with E-state index in [1.54, 1.807) is 6.92 Å². The SMILES string of the molecule is CCOc1ccc(C(=O)NC(=S)NCCC[NH+]2CCOCC2)cc1[N+](=O)[O-]. The molecule has 0 radical (unpaired) electrons. The van der Waals surface area contributed by atoms with Crippen LogP contribution in [0.4, 0.5) is 5.69 Å². The summed E-state index contributed by atoms with van der Waals surface area (Å²) in [5.41, 5.74) is -0.107. The summed E-state index contributed by atoms with van der Waals surface area (Å²) in [6.45, 7) is 7.30.